The third-order valence-corrected chi connectivity index (χ3v) is 6.94. The van der Waals surface area contributed by atoms with Gasteiger partial charge in [-0.15, -0.1) is 12.4 Å². The van der Waals surface area contributed by atoms with Crippen molar-refractivity contribution in [1.29, 1.82) is 5.41 Å². The SMILES string of the molecule is CCOc1cc2c(c(F)c1OCC)C(=N)N(CC(=O)c1cc(C(=O)NC)cc(C(C)(C)C)c1)C21CC1.Cl. The number of ether oxygens (including phenoxy) is 2. The number of nitrogens with zero attached hydrogens (tertiary/aromatic N) is 1. The third-order valence-electron chi connectivity index (χ3n) is 6.94. The van der Waals surface area contributed by atoms with Crippen LogP contribution >= 0.6 is 12.4 Å². The number of carbonyl (C=O) groups is 2. The van der Waals surface area contributed by atoms with E-state index in [0.717, 1.165) is 5.56 Å². The molecule has 2 aliphatic rings. The van der Waals surface area contributed by atoms with Crippen LogP contribution in [0.4, 0.5) is 4.39 Å². The summed E-state index contributed by atoms with van der Waals surface area (Å²) in [7, 11) is 1.55. The molecule has 4 rings (SSSR count). The maximum atomic E-state index is 15.7. The first-order valence-corrected chi connectivity index (χ1v) is 12.4. The summed E-state index contributed by atoms with van der Waals surface area (Å²) in [5, 5.41) is 11.5. The number of rotatable bonds is 8. The minimum Gasteiger partial charge on any atom is -0.490 e. The van der Waals surface area contributed by atoms with E-state index in [0.29, 0.717) is 41.9 Å². The highest BCUT2D eigenvalue weighted by Gasteiger charge is 2.58. The number of amides is 1. The lowest BCUT2D eigenvalue weighted by molar-refractivity contribution is 0.0943. The topological polar surface area (TPSA) is 91.7 Å². The molecule has 1 saturated carbocycles. The predicted molar refractivity (Wildman–Crippen MR) is 143 cm³/mol. The normalized spacial score (nSPS) is 15.2. The Bertz CT molecular complexity index is 1250. The van der Waals surface area contributed by atoms with E-state index in [1.165, 1.54) is 0 Å². The van der Waals surface area contributed by atoms with Crippen LogP contribution in [0.3, 0.4) is 0 Å². The molecule has 2 aromatic carbocycles. The molecule has 0 unspecified atom stereocenters. The van der Waals surface area contributed by atoms with Gasteiger partial charge in [-0.2, -0.15) is 0 Å². The summed E-state index contributed by atoms with van der Waals surface area (Å²) in [6.07, 6.45) is 1.42. The molecule has 2 N–H and O–H groups in total. The van der Waals surface area contributed by atoms with Gasteiger partial charge in [0, 0.05) is 18.2 Å². The summed E-state index contributed by atoms with van der Waals surface area (Å²) in [5.41, 5.74) is 1.61. The van der Waals surface area contributed by atoms with Gasteiger partial charge in [0.1, 0.15) is 5.84 Å². The molecule has 0 atom stereocenters. The summed E-state index contributed by atoms with van der Waals surface area (Å²) in [4.78, 5) is 27.7. The van der Waals surface area contributed by atoms with Crippen molar-refractivity contribution in [2.45, 2.75) is 58.4 Å². The standard InChI is InChI=1S/C28H34FN3O4.ClH/c1-7-35-21-14-19-22(23(29)24(21)36-8-2)25(30)32(28(19)9-10-28)15-20(33)16-11-17(26(34)31-6)13-18(12-16)27(3,4)5;/h11-14,30H,7-10,15H2,1-6H3,(H,31,34);1H. The summed E-state index contributed by atoms with van der Waals surface area (Å²) in [5.74, 6) is -0.845. The second-order valence-corrected chi connectivity index (χ2v) is 10.3. The fraction of sp³-hybridized carbons (Fsp3) is 0.464. The summed E-state index contributed by atoms with van der Waals surface area (Å²) in [6.45, 7) is 10.2. The molecule has 7 nitrogen and oxygen atoms in total. The van der Waals surface area contributed by atoms with E-state index in [1.54, 1.807) is 37.1 Å². The molecule has 0 bridgehead atoms. The van der Waals surface area contributed by atoms with Crippen LogP contribution < -0.4 is 14.8 Å². The average molecular weight is 532 g/mol. The molecule has 2 aromatic rings. The van der Waals surface area contributed by atoms with Gasteiger partial charge < -0.3 is 19.7 Å². The van der Waals surface area contributed by atoms with Gasteiger partial charge in [-0.05, 0) is 67.5 Å². The van der Waals surface area contributed by atoms with Crippen molar-refractivity contribution >= 4 is 29.9 Å². The number of ketones is 1. The highest BCUT2D eigenvalue weighted by molar-refractivity contribution is 6.08. The summed E-state index contributed by atoms with van der Waals surface area (Å²) >= 11 is 0. The summed E-state index contributed by atoms with van der Waals surface area (Å²) < 4.78 is 26.9. The quantitative estimate of drug-likeness (QED) is 0.456. The Labute approximate surface area is 223 Å². The molecule has 0 aromatic heterocycles. The third kappa shape index (κ3) is 4.91. The fourth-order valence-corrected chi connectivity index (χ4v) is 4.86. The lowest BCUT2D eigenvalue weighted by Crippen LogP contribution is -2.38. The minimum absolute atomic E-state index is 0. The molecular formula is C28H35ClFN3O4. The van der Waals surface area contributed by atoms with Gasteiger partial charge in [0.25, 0.3) is 5.91 Å². The van der Waals surface area contributed by atoms with Gasteiger partial charge in [0.05, 0.1) is 30.9 Å². The zero-order chi connectivity index (χ0) is 26.4. The number of hydrogen-bond acceptors (Lipinski definition) is 5. The van der Waals surface area contributed by atoms with Crippen molar-refractivity contribution in [1.82, 2.24) is 10.2 Å². The molecule has 0 radical (unpaired) electrons. The Balaban J connectivity index is 0.00000380. The van der Waals surface area contributed by atoms with Crippen molar-refractivity contribution < 1.29 is 23.5 Å². The number of hydrogen-bond donors (Lipinski definition) is 2. The molecule has 37 heavy (non-hydrogen) atoms. The molecule has 1 heterocycles. The van der Waals surface area contributed by atoms with Crippen molar-refractivity contribution in [2.24, 2.45) is 0 Å². The van der Waals surface area contributed by atoms with Crippen molar-refractivity contribution in [3.8, 4) is 11.5 Å². The van der Waals surface area contributed by atoms with Gasteiger partial charge in [-0.25, -0.2) is 4.39 Å². The average Bonchev–Trinajstić information content (AvgIpc) is 3.60. The second-order valence-electron chi connectivity index (χ2n) is 10.3. The number of amidine groups is 1. The highest BCUT2D eigenvalue weighted by Crippen LogP contribution is 2.58. The lowest BCUT2D eigenvalue weighted by Gasteiger charge is -2.27. The maximum absolute atomic E-state index is 15.7. The van der Waals surface area contributed by atoms with E-state index in [1.807, 2.05) is 33.8 Å². The monoisotopic (exact) mass is 531 g/mol. The van der Waals surface area contributed by atoms with Gasteiger partial charge in [-0.3, -0.25) is 15.0 Å². The fourth-order valence-electron chi connectivity index (χ4n) is 4.86. The largest absolute Gasteiger partial charge is 0.490 e. The zero-order valence-corrected chi connectivity index (χ0v) is 23.0. The number of carbonyl (C=O) groups excluding carboxylic acids is 2. The van der Waals surface area contributed by atoms with Gasteiger partial charge in [0.15, 0.2) is 23.1 Å². The number of halogens is 2. The van der Waals surface area contributed by atoms with Crippen LogP contribution in [-0.4, -0.2) is 49.2 Å². The zero-order valence-electron chi connectivity index (χ0n) is 22.2. The number of Topliss-reactive ketones (excluding diaryl/α,β-unsaturated/α-hetero) is 1. The van der Waals surface area contributed by atoms with Crippen molar-refractivity contribution in [2.75, 3.05) is 26.8 Å². The number of benzene rings is 2. The first-order chi connectivity index (χ1) is 17.0. The molecule has 1 fully saturated rings. The van der Waals surface area contributed by atoms with Crippen molar-refractivity contribution in [3.63, 3.8) is 0 Å². The molecule has 200 valence electrons. The van der Waals surface area contributed by atoms with Crippen LogP contribution in [0.25, 0.3) is 0 Å². The van der Waals surface area contributed by atoms with E-state index >= 15 is 4.39 Å². The first-order valence-electron chi connectivity index (χ1n) is 12.4. The number of fused-ring (bicyclic) bond motifs is 2. The molecule has 1 spiro atoms. The van der Waals surface area contributed by atoms with E-state index in [2.05, 4.69) is 5.32 Å². The van der Waals surface area contributed by atoms with E-state index in [-0.39, 0.29) is 59.8 Å². The van der Waals surface area contributed by atoms with Gasteiger partial charge in [0.2, 0.25) is 0 Å². The van der Waals surface area contributed by atoms with Crippen LogP contribution in [0, 0.1) is 11.2 Å². The van der Waals surface area contributed by atoms with E-state index < -0.39 is 11.4 Å². The van der Waals surface area contributed by atoms with Crippen LogP contribution in [0.2, 0.25) is 0 Å². The Morgan fingerprint density at radius 1 is 1.08 bits per heavy atom. The second kappa shape index (κ2) is 10.3. The molecule has 1 aliphatic carbocycles. The molecular weight excluding hydrogens is 497 g/mol. The Morgan fingerprint density at radius 2 is 1.70 bits per heavy atom. The predicted octanol–water partition coefficient (Wildman–Crippen LogP) is 5.21. The summed E-state index contributed by atoms with van der Waals surface area (Å²) in [6, 6.07) is 6.96. The lowest BCUT2D eigenvalue weighted by atomic mass is 9.84. The van der Waals surface area contributed by atoms with Crippen molar-refractivity contribution in [3.05, 3.63) is 57.9 Å². The Kier molecular flexibility index (Phi) is 7.94. The van der Waals surface area contributed by atoms with Crippen LogP contribution in [0.15, 0.2) is 24.3 Å². The Morgan fingerprint density at radius 3 is 2.24 bits per heavy atom. The Hall–Kier alpha value is -3.13. The van der Waals surface area contributed by atoms with E-state index in [9.17, 15) is 9.59 Å². The smallest absolute Gasteiger partial charge is 0.251 e. The minimum atomic E-state index is -0.624. The van der Waals surface area contributed by atoms with E-state index in [4.69, 9.17) is 14.9 Å². The molecule has 1 aliphatic heterocycles. The van der Waals surface area contributed by atoms with Crippen LogP contribution in [0.5, 0.6) is 11.5 Å². The molecule has 0 saturated heterocycles. The molecule has 1 amide bonds. The van der Waals surface area contributed by atoms with Gasteiger partial charge in [-0.1, -0.05) is 20.8 Å². The van der Waals surface area contributed by atoms with Crippen LogP contribution in [0.1, 0.15) is 84.9 Å². The maximum Gasteiger partial charge on any atom is 0.251 e. The first kappa shape index (κ1) is 28.4. The van der Waals surface area contributed by atoms with Gasteiger partial charge >= 0.3 is 0 Å². The highest BCUT2D eigenvalue weighted by atomic mass is 35.5. The molecule has 9 heteroatoms. The van der Waals surface area contributed by atoms with Crippen LogP contribution in [-0.2, 0) is 11.0 Å². The number of nitrogens with one attached hydrogen (secondary N) is 2.